The van der Waals surface area contributed by atoms with Crippen LogP contribution in [0, 0.1) is 0 Å². The van der Waals surface area contributed by atoms with Crippen molar-refractivity contribution < 1.29 is 9.59 Å². The zero-order chi connectivity index (χ0) is 28.3. The summed E-state index contributed by atoms with van der Waals surface area (Å²) in [6, 6.07) is 16.1. The lowest BCUT2D eigenvalue weighted by Gasteiger charge is -2.34. The van der Waals surface area contributed by atoms with Gasteiger partial charge in [-0.2, -0.15) is 0 Å². The molecule has 2 aromatic carbocycles. The molecule has 1 aliphatic carbocycles. The Morgan fingerprint density at radius 3 is 2.46 bits per heavy atom. The second-order valence-corrected chi connectivity index (χ2v) is 11.8. The smallest absolute Gasteiger partial charge is 0.271 e. The van der Waals surface area contributed by atoms with Gasteiger partial charge in [0.15, 0.2) is 11.5 Å². The highest BCUT2D eigenvalue weighted by atomic mass is 35.5. The van der Waals surface area contributed by atoms with Gasteiger partial charge in [0.2, 0.25) is 0 Å². The number of halogens is 1. The minimum atomic E-state index is -0.643. The van der Waals surface area contributed by atoms with E-state index in [2.05, 4.69) is 37.6 Å². The third-order valence-corrected chi connectivity index (χ3v) is 8.63. The van der Waals surface area contributed by atoms with Gasteiger partial charge in [-0.1, -0.05) is 29.8 Å². The van der Waals surface area contributed by atoms with Gasteiger partial charge in [0, 0.05) is 41.4 Å². The summed E-state index contributed by atoms with van der Waals surface area (Å²) in [5, 5.41) is 6.91. The summed E-state index contributed by atoms with van der Waals surface area (Å²) in [6.07, 6.45) is 8.42. The molecule has 3 aromatic rings. The van der Waals surface area contributed by atoms with Crippen molar-refractivity contribution in [2.24, 2.45) is 5.73 Å². The standard InChI is InChI=1S/C31H36ClN7O2/c32-23-4-1-3-22(17-23)31(41)36-25-5-2-14-39(19-25)27-18-34-28(29(33)40)30(37-27)35-24-8-6-20(7-9-24)21-12-15-38(16-13-21)26-10-11-26/h1,3-4,6-9,17-18,21,25-26H,2,5,10-16,19H2,(H2,33,40)(H,35,37)(H,36,41). The highest BCUT2D eigenvalue weighted by Gasteiger charge is 2.32. The SMILES string of the molecule is NC(=O)c1ncc(N2CCCC(NC(=O)c3cccc(Cl)c3)C2)nc1Nc1ccc(C2CCN(C3CC3)CC2)cc1. The van der Waals surface area contributed by atoms with Crippen LogP contribution in [0.15, 0.2) is 54.7 Å². The van der Waals surface area contributed by atoms with E-state index in [1.807, 2.05) is 12.1 Å². The van der Waals surface area contributed by atoms with Gasteiger partial charge in [-0.25, -0.2) is 9.97 Å². The molecule has 10 heteroatoms. The molecule has 9 nitrogen and oxygen atoms in total. The predicted molar refractivity (Wildman–Crippen MR) is 161 cm³/mol. The Labute approximate surface area is 245 Å². The van der Waals surface area contributed by atoms with Crippen LogP contribution in [-0.4, -0.2) is 64.9 Å². The van der Waals surface area contributed by atoms with Crippen LogP contribution in [0.2, 0.25) is 5.02 Å². The summed E-state index contributed by atoms with van der Waals surface area (Å²) in [7, 11) is 0. The van der Waals surface area contributed by atoms with Gasteiger partial charge in [-0.3, -0.25) is 9.59 Å². The Bertz CT molecular complexity index is 1400. The molecule has 1 aromatic heterocycles. The maximum atomic E-state index is 12.8. The lowest BCUT2D eigenvalue weighted by molar-refractivity contribution is 0.0932. The van der Waals surface area contributed by atoms with Crippen molar-refractivity contribution in [1.29, 1.82) is 0 Å². The van der Waals surface area contributed by atoms with Crippen molar-refractivity contribution in [1.82, 2.24) is 20.2 Å². The number of nitrogens with one attached hydrogen (secondary N) is 2. The van der Waals surface area contributed by atoms with E-state index in [-0.39, 0.29) is 17.6 Å². The van der Waals surface area contributed by atoms with E-state index < -0.39 is 5.91 Å². The van der Waals surface area contributed by atoms with Gasteiger partial charge in [0.25, 0.3) is 11.8 Å². The van der Waals surface area contributed by atoms with Crippen LogP contribution in [0.3, 0.4) is 0 Å². The number of anilines is 3. The Hall–Kier alpha value is -3.69. The second-order valence-electron chi connectivity index (χ2n) is 11.3. The molecule has 0 spiro atoms. The van der Waals surface area contributed by atoms with Gasteiger partial charge >= 0.3 is 0 Å². The van der Waals surface area contributed by atoms with Crippen LogP contribution in [-0.2, 0) is 0 Å². The highest BCUT2D eigenvalue weighted by molar-refractivity contribution is 6.30. The summed E-state index contributed by atoms with van der Waals surface area (Å²) < 4.78 is 0. The van der Waals surface area contributed by atoms with E-state index >= 15 is 0 Å². The summed E-state index contributed by atoms with van der Waals surface area (Å²) in [6.45, 7) is 3.70. The number of likely N-dealkylation sites (tertiary alicyclic amines) is 1. The van der Waals surface area contributed by atoms with Gasteiger partial charge in [-0.05, 0) is 93.4 Å². The second kappa shape index (κ2) is 12.0. The highest BCUT2D eigenvalue weighted by Crippen LogP contribution is 2.35. The van der Waals surface area contributed by atoms with E-state index in [9.17, 15) is 9.59 Å². The number of hydrogen-bond acceptors (Lipinski definition) is 7. The van der Waals surface area contributed by atoms with Crippen LogP contribution in [0.25, 0.3) is 0 Å². The summed E-state index contributed by atoms with van der Waals surface area (Å²) in [5.74, 6) is 0.725. The molecule has 3 fully saturated rings. The molecule has 2 amide bonds. The van der Waals surface area contributed by atoms with Crippen LogP contribution in [0.1, 0.15) is 70.9 Å². The number of carbonyl (C=O) groups excluding carboxylic acids is 2. The number of benzene rings is 2. The molecule has 1 saturated carbocycles. The first-order chi connectivity index (χ1) is 19.9. The number of carbonyl (C=O) groups is 2. The number of rotatable bonds is 8. The maximum absolute atomic E-state index is 12.8. The van der Waals surface area contributed by atoms with E-state index in [1.54, 1.807) is 30.5 Å². The summed E-state index contributed by atoms with van der Waals surface area (Å²) in [5.41, 5.74) is 8.43. The van der Waals surface area contributed by atoms with Gasteiger partial charge in [-0.15, -0.1) is 0 Å². The fraction of sp³-hybridized carbons (Fsp3) is 0.419. The zero-order valence-electron chi connectivity index (χ0n) is 23.1. The number of nitrogens with two attached hydrogens (primary N) is 1. The van der Waals surface area contributed by atoms with Crippen LogP contribution >= 0.6 is 11.6 Å². The van der Waals surface area contributed by atoms with E-state index in [1.165, 1.54) is 44.3 Å². The van der Waals surface area contributed by atoms with E-state index in [0.29, 0.717) is 34.7 Å². The Morgan fingerprint density at radius 1 is 0.976 bits per heavy atom. The van der Waals surface area contributed by atoms with Crippen molar-refractivity contribution >= 4 is 40.7 Å². The normalized spacial score (nSPS) is 20.0. The van der Waals surface area contributed by atoms with Crippen molar-refractivity contribution in [2.75, 3.05) is 36.4 Å². The molecule has 2 aliphatic heterocycles. The predicted octanol–water partition coefficient (Wildman–Crippen LogP) is 4.71. The molecule has 4 N–H and O–H groups in total. The Kier molecular flexibility index (Phi) is 8.07. The van der Waals surface area contributed by atoms with E-state index in [4.69, 9.17) is 22.3 Å². The average Bonchev–Trinajstić information content (AvgIpc) is 3.84. The fourth-order valence-corrected chi connectivity index (χ4v) is 6.20. The fourth-order valence-electron chi connectivity index (χ4n) is 6.01. The van der Waals surface area contributed by atoms with Crippen molar-refractivity contribution in [2.45, 2.75) is 56.5 Å². The third kappa shape index (κ3) is 6.63. The van der Waals surface area contributed by atoms with Crippen LogP contribution in [0.4, 0.5) is 17.3 Å². The van der Waals surface area contributed by atoms with Gasteiger partial charge in [0.05, 0.1) is 6.20 Å². The minimum Gasteiger partial charge on any atom is -0.364 e. The monoisotopic (exact) mass is 573 g/mol. The minimum absolute atomic E-state index is 0.0621. The largest absolute Gasteiger partial charge is 0.364 e. The number of aromatic nitrogens is 2. The average molecular weight is 574 g/mol. The number of hydrogen-bond donors (Lipinski definition) is 3. The Morgan fingerprint density at radius 2 is 1.76 bits per heavy atom. The molecule has 214 valence electrons. The van der Waals surface area contributed by atoms with Crippen molar-refractivity contribution in [3.63, 3.8) is 0 Å². The van der Waals surface area contributed by atoms with Crippen molar-refractivity contribution in [3.05, 3.63) is 76.6 Å². The molecule has 2 saturated heterocycles. The molecule has 0 radical (unpaired) electrons. The molecule has 1 atom stereocenters. The topological polar surface area (TPSA) is 116 Å². The quantitative estimate of drug-likeness (QED) is 0.357. The maximum Gasteiger partial charge on any atom is 0.271 e. The molecular formula is C31H36ClN7O2. The number of amides is 2. The number of piperidine rings is 2. The Balaban J connectivity index is 1.12. The first-order valence-corrected chi connectivity index (χ1v) is 14.9. The molecule has 6 rings (SSSR count). The van der Waals surface area contributed by atoms with Gasteiger partial charge < -0.3 is 26.2 Å². The first kappa shape index (κ1) is 27.5. The summed E-state index contributed by atoms with van der Waals surface area (Å²) in [4.78, 5) is 38.8. The lowest BCUT2D eigenvalue weighted by Crippen LogP contribution is -2.48. The number of primary amides is 1. The molecule has 3 heterocycles. The van der Waals surface area contributed by atoms with Crippen LogP contribution in [0.5, 0.6) is 0 Å². The zero-order valence-corrected chi connectivity index (χ0v) is 23.8. The molecule has 0 bridgehead atoms. The summed E-state index contributed by atoms with van der Waals surface area (Å²) >= 11 is 6.06. The first-order valence-electron chi connectivity index (χ1n) is 14.5. The lowest BCUT2D eigenvalue weighted by atomic mass is 9.89. The molecule has 1 unspecified atom stereocenters. The van der Waals surface area contributed by atoms with Crippen molar-refractivity contribution in [3.8, 4) is 0 Å². The molecule has 41 heavy (non-hydrogen) atoms. The van der Waals surface area contributed by atoms with Crippen LogP contribution < -0.4 is 21.3 Å². The van der Waals surface area contributed by atoms with Gasteiger partial charge in [0.1, 0.15) is 5.82 Å². The van der Waals surface area contributed by atoms with E-state index in [0.717, 1.165) is 31.1 Å². The molecular weight excluding hydrogens is 538 g/mol. The third-order valence-electron chi connectivity index (χ3n) is 8.40. The molecule has 3 aliphatic rings. The number of nitrogens with zero attached hydrogens (tertiary/aromatic N) is 4.